The zero-order chi connectivity index (χ0) is 8.45. The predicted octanol–water partition coefficient (Wildman–Crippen LogP) is 4.22. The third-order valence-electron chi connectivity index (χ3n) is 4.44. The molecular formula is C10H14Br2. The molecule has 12 heavy (non-hydrogen) atoms. The summed E-state index contributed by atoms with van der Waals surface area (Å²) >= 11 is 7.59. The quantitative estimate of drug-likeness (QED) is 0.587. The second kappa shape index (κ2) is 2.13. The normalized spacial score (nSPS) is 46.5. The molecule has 0 aliphatic heterocycles. The molecule has 0 aromatic carbocycles. The summed E-state index contributed by atoms with van der Waals surface area (Å²) in [7, 11) is 0. The van der Waals surface area contributed by atoms with Gasteiger partial charge in [0.05, 0.1) is 3.23 Å². The molecule has 0 aromatic rings. The zero-order valence-corrected chi connectivity index (χ0v) is 10.4. The number of hydrogen-bond donors (Lipinski definition) is 0. The van der Waals surface area contributed by atoms with Crippen molar-refractivity contribution in [2.45, 2.75) is 48.2 Å². The van der Waals surface area contributed by atoms with Crippen LogP contribution < -0.4 is 0 Å². The van der Waals surface area contributed by atoms with Crippen LogP contribution in [0.4, 0.5) is 0 Å². The molecule has 0 radical (unpaired) electrons. The molecule has 68 valence electrons. The van der Waals surface area contributed by atoms with Crippen LogP contribution in [0.5, 0.6) is 0 Å². The van der Waals surface area contributed by atoms with E-state index in [1.54, 1.807) is 0 Å². The van der Waals surface area contributed by atoms with Gasteiger partial charge in [-0.25, -0.2) is 0 Å². The van der Waals surface area contributed by atoms with E-state index in [-0.39, 0.29) is 0 Å². The minimum atomic E-state index is 0.352. The van der Waals surface area contributed by atoms with Crippen LogP contribution in [0.1, 0.15) is 44.9 Å². The first kappa shape index (κ1) is 8.28. The highest BCUT2D eigenvalue weighted by molar-refractivity contribution is 9.25. The molecule has 0 nitrogen and oxygen atoms in total. The average Bonchev–Trinajstić information content (AvgIpc) is 2.76. The molecule has 0 aromatic heterocycles. The Balaban J connectivity index is 1.81. The Morgan fingerprint density at radius 2 is 1.42 bits per heavy atom. The highest BCUT2D eigenvalue weighted by Gasteiger charge is 2.84. The minimum Gasteiger partial charge on any atom is -0.0721 e. The van der Waals surface area contributed by atoms with Crippen LogP contribution in [0.15, 0.2) is 0 Å². The molecule has 0 amide bonds. The number of fused-ring (bicyclic) bond motifs is 1. The van der Waals surface area contributed by atoms with Gasteiger partial charge in [0.1, 0.15) is 0 Å². The second-order valence-corrected chi connectivity index (χ2v) is 8.75. The van der Waals surface area contributed by atoms with E-state index < -0.39 is 0 Å². The van der Waals surface area contributed by atoms with E-state index in [0.29, 0.717) is 8.65 Å². The molecule has 3 aliphatic rings. The molecule has 1 atom stereocenters. The van der Waals surface area contributed by atoms with Crippen molar-refractivity contribution in [1.82, 2.24) is 0 Å². The topological polar surface area (TPSA) is 0 Å². The first-order chi connectivity index (χ1) is 5.62. The fourth-order valence-electron chi connectivity index (χ4n) is 3.52. The van der Waals surface area contributed by atoms with Crippen molar-refractivity contribution in [3.8, 4) is 0 Å². The monoisotopic (exact) mass is 292 g/mol. The van der Waals surface area contributed by atoms with Crippen molar-refractivity contribution < 1.29 is 0 Å². The summed E-state index contributed by atoms with van der Waals surface area (Å²) < 4.78 is 0.352. The molecule has 0 heterocycles. The average molecular weight is 294 g/mol. The molecule has 3 rings (SSSR count). The summed E-state index contributed by atoms with van der Waals surface area (Å²) in [4.78, 5) is 0. The van der Waals surface area contributed by atoms with Crippen molar-refractivity contribution in [2.75, 3.05) is 0 Å². The van der Waals surface area contributed by atoms with Gasteiger partial charge in [-0.3, -0.25) is 0 Å². The summed E-state index contributed by atoms with van der Waals surface area (Å²) in [5.41, 5.74) is 1.47. The van der Waals surface area contributed by atoms with Gasteiger partial charge >= 0.3 is 0 Å². The molecule has 0 saturated heterocycles. The van der Waals surface area contributed by atoms with Gasteiger partial charge in [-0.2, -0.15) is 0 Å². The summed E-state index contributed by atoms with van der Waals surface area (Å²) in [5.74, 6) is 0. The van der Waals surface area contributed by atoms with Gasteiger partial charge in [-0.15, -0.1) is 0 Å². The van der Waals surface area contributed by atoms with Gasteiger partial charge in [-0.05, 0) is 31.1 Å². The van der Waals surface area contributed by atoms with Crippen molar-refractivity contribution >= 4 is 31.9 Å². The van der Waals surface area contributed by atoms with Gasteiger partial charge in [0, 0.05) is 5.41 Å². The third kappa shape index (κ3) is 0.796. The Morgan fingerprint density at radius 1 is 0.833 bits per heavy atom. The van der Waals surface area contributed by atoms with Gasteiger partial charge in [0.2, 0.25) is 0 Å². The Hall–Kier alpha value is 0.960. The summed E-state index contributed by atoms with van der Waals surface area (Å²) in [5, 5.41) is 0. The van der Waals surface area contributed by atoms with Crippen molar-refractivity contribution in [3.05, 3.63) is 0 Å². The van der Waals surface area contributed by atoms with Crippen LogP contribution in [-0.2, 0) is 0 Å². The van der Waals surface area contributed by atoms with Crippen LogP contribution in [-0.4, -0.2) is 3.23 Å². The number of halogens is 2. The smallest absolute Gasteiger partial charge is 0.0721 e. The molecule has 3 aliphatic carbocycles. The van der Waals surface area contributed by atoms with E-state index in [1.807, 2.05) is 0 Å². The first-order valence-electron chi connectivity index (χ1n) is 5.00. The second-order valence-electron chi connectivity index (χ2n) is 4.98. The lowest BCUT2D eigenvalue weighted by Crippen LogP contribution is -2.12. The fourth-order valence-corrected chi connectivity index (χ4v) is 5.60. The Morgan fingerprint density at radius 3 is 1.83 bits per heavy atom. The Labute approximate surface area is 90.7 Å². The van der Waals surface area contributed by atoms with Gasteiger partial charge < -0.3 is 0 Å². The van der Waals surface area contributed by atoms with Gasteiger partial charge in [0.15, 0.2) is 0 Å². The molecule has 3 fully saturated rings. The highest BCUT2D eigenvalue weighted by Crippen LogP contribution is 2.91. The molecule has 0 N–H and O–H groups in total. The Kier molecular flexibility index (Phi) is 1.47. The first-order valence-corrected chi connectivity index (χ1v) is 6.59. The summed E-state index contributed by atoms with van der Waals surface area (Å²) in [6.07, 6.45) is 10.3. The van der Waals surface area contributed by atoms with E-state index in [9.17, 15) is 0 Å². The lowest BCUT2D eigenvalue weighted by molar-refractivity contribution is 0.301. The maximum Gasteiger partial charge on any atom is 0.0874 e. The molecular weight excluding hydrogens is 280 g/mol. The van der Waals surface area contributed by atoms with E-state index in [2.05, 4.69) is 31.9 Å². The van der Waals surface area contributed by atoms with E-state index in [0.717, 1.165) is 5.41 Å². The molecule has 1 unspecified atom stereocenters. The van der Waals surface area contributed by atoms with Crippen LogP contribution in [0, 0.1) is 10.8 Å². The maximum atomic E-state index is 3.80. The standard InChI is InChI=1S/C10H14Br2/c11-10(12)7-9(10)6-8(9)4-2-1-3-5-8/h1-7H2. The van der Waals surface area contributed by atoms with Crippen LogP contribution in [0.2, 0.25) is 0 Å². The number of hydrogen-bond acceptors (Lipinski definition) is 0. The van der Waals surface area contributed by atoms with Crippen molar-refractivity contribution in [2.24, 2.45) is 10.8 Å². The largest absolute Gasteiger partial charge is 0.0874 e. The van der Waals surface area contributed by atoms with E-state index in [1.165, 1.54) is 44.9 Å². The summed E-state index contributed by atoms with van der Waals surface area (Å²) in [6, 6.07) is 0. The highest BCUT2D eigenvalue weighted by atomic mass is 79.9. The number of alkyl halides is 2. The lowest BCUT2D eigenvalue weighted by Gasteiger charge is -2.22. The fraction of sp³-hybridized carbons (Fsp3) is 1.00. The summed E-state index contributed by atoms with van der Waals surface area (Å²) in [6.45, 7) is 0. The van der Waals surface area contributed by atoms with Crippen LogP contribution in [0.25, 0.3) is 0 Å². The van der Waals surface area contributed by atoms with Crippen LogP contribution in [0.3, 0.4) is 0 Å². The molecule has 3 saturated carbocycles. The van der Waals surface area contributed by atoms with Crippen molar-refractivity contribution in [3.63, 3.8) is 0 Å². The Bertz CT molecular complexity index is 228. The third-order valence-corrected chi connectivity index (χ3v) is 6.52. The molecule has 0 bridgehead atoms. The minimum absolute atomic E-state index is 0.352. The predicted molar refractivity (Wildman–Crippen MR) is 57.8 cm³/mol. The van der Waals surface area contributed by atoms with Gasteiger partial charge in [-0.1, -0.05) is 51.1 Å². The lowest BCUT2D eigenvalue weighted by atomic mass is 9.84. The molecule has 2 heteroatoms. The van der Waals surface area contributed by atoms with Crippen molar-refractivity contribution in [1.29, 1.82) is 0 Å². The van der Waals surface area contributed by atoms with Gasteiger partial charge in [0.25, 0.3) is 0 Å². The maximum absolute atomic E-state index is 3.80. The van der Waals surface area contributed by atoms with Crippen LogP contribution >= 0.6 is 31.9 Å². The number of rotatable bonds is 0. The molecule has 2 spiro atoms. The van der Waals surface area contributed by atoms with E-state index in [4.69, 9.17) is 0 Å². The SMILES string of the molecule is BrC1(Br)CC12CC21CCCCC1. The van der Waals surface area contributed by atoms with E-state index >= 15 is 0 Å². The zero-order valence-electron chi connectivity index (χ0n) is 7.21.